The van der Waals surface area contributed by atoms with E-state index in [1.54, 1.807) is 48.5 Å². The number of amides is 2. The lowest BCUT2D eigenvalue weighted by molar-refractivity contribution is -0.174. The average molecular weight is 540 g/mol. The van der Waals surface area contributed by atoms with Gasteiger partial charge in [0.2, 0.25) is 0 Å². The van der Waals surface area contributed by atoms with Crippen molar-refractivity contribution < 1.29 is 38.1 Å². The topological polar surface area (TPSA) is 101 Å². The van der Waals surface area contributed by atoms with Crippen LogP contribution in [0.15, 0.2) is 12.2 Å². The predicted octanol–water partition coefficient (Wildman–Crippen LogP) is 6.32. The lowest BCUT2D eigenvalue weighted by Crippen LogP contribution is -2.53. The maximum atomic E-state index is 13.5. The fourth-order valence-corrected chi connectivity index (χ4v) is 4.49. The Morgan fingerprint density at radius 2 is 1.63 bits per heavy atom. The van der Waals surface area contributed by atoms with E-state index in [4.69, 9.17) is 23.7 Å². The van der Waals surface area contributed by atoms with E-state index in [0.717, 1.165) is 37.0 Å². The van der Waals surface area contributed by atoms with Gasteiger partial charge in [-0.1, -0.05) is 31.9 Å². The molecule has 2 rings (SSSR count). The zero-order valence-corrected chi connectivity index (χ0v) is 24.6. The van der Waals surface area contributed by atoms with Gasteiger partial charge >= 0.3 is 18.2 Å². The van der Waals surface area contributed by atoms with Crippen molar-refractivity contribution in [3.05, 3.63) is 12.2 Å². The van der Waals surface area contributed by atoms with Gasteiger partial charge in [0.15, 0.2) is 0 Å². The van der Waals surface area contributed by atoms with Gasteiger partial charge in [-0.15, -0.1) is 0 Å². The third kappa shape index (κ3) is 10.6. The second-order valence-corrected chi connectivity index (χ2v) is 12.2. The molecule has 3 unspecified atom stereocenters. The Labute approximate surface area is 228 Å². The van der Waals surface area contributed by atoms with Crippen LogP contribution >= 0.6 is 0 Å². The molecule has 0 radical (unpaired) electrons. The summed E-state index contributed by atoms with van der Waals surface area (Å²) in [6.45, 7) is 14.7. The molecule has 0 N–H and O–H groups in total. The maximum absolute atomic E-state index is 13.5. The van der Waals surface area contributed by atoms with Crippen LogP contribution in [0.2, 0.25) is 0 Å². The smallest absolute Gasteiger partial charge is 0.420 e. The highest BCUT2D eigenvalue weighted by atomic mass is 16.6. The van der Waals surface area contributed by atoms with Crippen LogP contribution in [0, 0.1) is 0 Å². The standard InChI is InChI=1S/C29H49NO8/c1-9-10-13-19-34-23-18-14-17-22(25(31)35-20(2)24(23)36-21-15-11-12-16-21)30(26(32)37-28(3,4)5)27(33)38-29(6,7)8/h11,15,20-24H,9-10,12-14,16-19H2,1-8H3/t20-,21?,22?,23?,24-/m0/s1. The number of carbonyl (C=O) groups is 3. The van der Waals surface area contributed by atoms with E-state index in [-0.39, 0.29) is 18.6 Å². The summed E-state index contributed by atoms with van der Waals surface area (Å²) in [5.41, 5.74) is -1.75. The lowest BCUT2D eigenvalue weighted by atomic mass is 10.0. The molecule has 0 aromatic rings. The van der Waals surface area contributed by atoms with Gasteiger partial charge in [-0.2, -0.15) is 4.90 Å². The van der Waals surface area contributed by atoms with Crippen LogP contribution in [-0.2, 0) is 28.5 Å². The summed E-state index contributed by atoms with van der Waals surface area (Å²) in [6, 6.07) is -1.20. The molecule has 2 amide bonds. The number of rotatable bonds is 8. The highest BCUT2D eigenvalue weighted by Crippen LogP contribution is 2.28. The molecule has 5 atom stereocenters. The number of allylic oxidation sites excluding steroid dienone is 1. The fraction of sp³-hybridized carbons (Fsp3) is 0.828. The van der Waals surface area contributed by atoms with Crippen LogP contribution in [-0.4, -0.2) is 71.3 Å². The minimum atomic E-state index is -1.20. The normalized spacial score (nSPS) is 26.6. The van der Waals surface area contributed by atoms with Crippen LogP contribution < -0.4 is 0 Å². The summed E-state index contributed by atoms with van der Waals surface area (Å²) < 4.78 is 29.6. The Hall–Kier alpha value is -2.13. The van der Waals surface area contributed by atoms with E-state index in [1.807, 2.05) is 6.08 Å². The number of imide groups is 1. The molecular weight excluding hydrogens is 490 g/mol. The first kappa shape index (κ1) is 32.1. The van der Waals surface area contributed by atoms with Crippen molar-refractivity contribution in [2.45, 2.75) is 148 Å². The second kappa shape index (κ2) is 14.3. The van der Waals surface area contributed by atoms with Crippen molar-refractivity contribution in [2.75, 3.05) is 6.61 Å². The van der Waals surface area contributed by atoms with Crippen molar-refractivity contribution in [1.82, 2.24) is 4.90 Å². The third-order valence-electron chi connectivity index (χ3n) is 6.24. The van der Waals surface area contributed by atoms with Gasteiger partial charge in [0.05, 0.1) is 12.2 Å². The van der Waals surface area contributed by atoms with E-state index in [0.29, 0.717) is 19.4 Å². The molecule has 0 aromatic heterocycles. The zero-order chi connectivity index (χ0) is 28.5. The summed E-state index contributed by atoms with van der Waals surface area (Å²) >= 11 is 0. The molecule has 9 heteroatoms. The summed E-state index contributed by atoms with van der Waals surface area (Å²) in [5, 5.41) is 0. The van der Waals surface area contributed by atoms with Crippen LogP contribution in [0.25, 0.3) is 0 Å². The van der Waals surface area contributed by atoms with E-state index < -0.39 is 47.6 Å². The fourth-order valence-electron chi connectivity index (χ4n) is 4.49. The van der Waals surface area contributed by atoms with Gasteiger partial charge in [0.25, 0.3) is 0 Å². The molecule has 0 saturated carbocycles. The lowest BCUT2D eigenvalue weighted by Gasteiger charge is -2.34. The van der Waals surface area contributed by atoms with Crippen molar-refractivity contribution in [2.24, 2.45) is 0 Å². The Balaban J connectivity index is 2.32. The monoisotopic (exact) mass is 539 g/mol. The first-order valence-corrected chi connectivity index (χ1v) is 14.1. The molecule has 1 aliphatic carbocycles. The Morgan fingerprint density at radius 1 is 1.00 bits per heavy atom. The molecule has 0 aromatic carbocycles. The van der Waals surface area contributed by atoms with E-state index in [2.05, 4.69) is 13.0 Å². The highest BCUT2D eigenvalue weighted by Gasteiger charge is 2.44. The number of hydrogen-bond acceptors (Lipinski definition) is 8. The quantitative estimate of drug-likeness (QED) is 0.153. The van der Waals surface area contributed by atoms with E-state index >= 15 is 0 Å². The molecule has 2 aliphatic rings. The summed E-state index contributed by atoms with van der Waals surface area (Å²) in [4.78, 5) is 40.7. The van der Waals surface area contributed by atoms with Crippen molar-refractivity contribution in [1.29, 1.82) is 0 Å². The molecule has 9 nitrogen and oxygen atoms in total. The number of ether oxygens (including phenoxy) is 5. The maximum Gasteiger partial charge on any atom is 0.420 e. The molecule has 218 valence electrons. The number of carbonyl (C=O) groups excluding carboxylic acids is 3. The minimum Gasteiger partial charge on any atom is -0.458 e. The molecule has 1 saturated heterocycles. The summed E-state index contributed by atoms with van der Waals surface area (Å²) in [5.74, 6) is -0.698. The van der Waals surface area contributed by atoms with Crippen LogP contribution in [0.1, 0.15) is 107 Å². The minimum absolute atomic E-state index is 0.0699. The van der Waals surface area contributed by atoms with Crippen molar-refractivity contribution in [3.63, 3.8) is 0 Å². The predicted molar refractivity (Wildman–Crippen MR) is 144 cm³/mol. The molecular formula is C29H49NO8. The second-order valence-electron chi connectivity index (χ2n) is 12.2. The molecule has 1 heterocycles. The number of hydrogen-bond donors (Lipinski definition) is 0. The van der Waals surface area contributed by atoms with Crippen LogP contribution in [0.4, 0.5) is 9.59 Å². The van der Waals surface area contributed by atoms with Crippen LogP contribution in [0.5, 0.6) is 0 Å². The Kier molecular flexibility index (Phi) is 12.1. The summed E-state index contributed by atoms with van der Waals surface area (Å²) in [6.07, 6.45) is 6.90. The SMILES string of the molecule is CCCCCOC1CCCC(N(C(=O)OC(C)(C)C)C(=O)OC(C)(C)C)C(=O)O[C@@H](C)[C@@H]1OC1C=CCC1. The molecule has 0 bridgehead atoms. The zero-order valence-electron chi connectivity index (χ0n) is 24.6. The van der Waals surface area contributed by atoms with E-state index in [9.17, 15) is 14.4 Å². The van der Waals surface area contributed by atoms with Crippen molar-refractivity contribution in [3.8, 4) is 0 Å². The van der Waals surface area contributed by atoms with Gasteiger partial charge in [0.1, 0.15) is 29.5 Å². The molecule has 38 heavy (non-hydrogen) atoms. The average Bonchev–Trinajstić information content (AvgIpc) is 3.29. The number of unbranched alkanes of at least 4 members (excludes halogenated alkanes) is 2. The number of cyclic esters (lactones) is 1. The summed E-state index contributed by atoms with van der Waals surface area (Å²) in [7, 11) is 0. The first-order chi connectivity index (χ1) is 17.7. The van der Waals surface area contributed by atoms with E-state index in [1.165, 1.54) is 0 Å². The van der Waals surface area contributed by atoms with Gasteiger partial charge in [-0.25, -0.2) is 14.4 Å². The number of esters is 1. The van der Waals surface area contributed by atoms with Crippen LogP contribution in [0.3, 0.4) is 0 Å². The van der Waals surface area contributed by atoms with Gasteiger partial charge in [0, 0.05) is 6.61 Å². The Morgan fingerprint density at radius 3 is 2.16 bits per heavy atom. The van der Waals surface area contributed by atoms with Gasteiger partial charge in [-0.05, 0) is 87.0 Å². The largest absolute Gasteiger partial charge is 0.458 e. The number of nitrogens with zero attached hydrogens (tertiary/aromatic N) is 1. The molecule has 0 spiro atoms. The highest BCUT2D eigenvalue weighted by molar-refractivity contribution is 5.94. The first-order valence-electron chi connectivity index (χ1n) is 14.1. The Bertz CT molecular complexity index is 784. The molecule has 1 aliphatic heterocycles. The van der Waals surface area contributed by atoms with Gasteiger partial charge < -0.3 is 23.7 Å². The molecule has 1 fully saturated rings. The van der Waals surface area contributed by atoms with Gasteiger partial charge in [-0.3, -0.25) is 0 Å². The van der Waals surface area contributed by atoms with Crippen molar-refractivity contribution >= 4 is 18.2 Å². The third-order valence-corrected chi connectivity index (χ3v) is 6.24.